The lowest BCUT2D eigenvalue weighted by atomic mass is 9.94. The number of nitrogens with zero attached hydrogens (tertiary/aromatic N) is 3. The predicted octanol–water partition coefficient (Wildman–Crippen LogP) is 8.62. The minimum atomic E-state index is -1.47. The van der Waals surface area contributed by atoms with Crippen LogP contribution in [0, 0.1) is 25.5 Å². The maximum atomic E-state index is 13.7. The highest BCUT2D eigenvalue weighted by Gasteiger charge is 2.60. The number of carboxylic acids is 1. The molecule has 0 bridgehead atoms. The minimum Gasteiger partial charge on any atom is -0.480 e. The molecule has 4 aliphatic heterocycles. The molecule has 77 heavy (non-hydrogen) atoms. The van der Waals surface area contributed by atoms with E-state index in [0.717, 1.165) is 45.6 Å². The standard InChI is InChI=1S/C27H29FN4O5.C15H15N3O6.C12H16FN.2CH4/c1-15-12-18(28)5-7-20(15)22-9-4-16(2)32(22)23(33)14-31-24(34)27(37-26(31)36)11-10-17-13-19(6-8-21(17)27)30-25(35)29-3;1-16-13(22)17-9-2-3-10-8(6-9)4-5-15(10)12(21)18(7-11(19)20)14(23)24-15;1-8-7-10(13)4-5-11(8)12-6-3-9(2)14-12;;/h5-8,12-13,16,22H,4,9-11,14H2,1-3H3,(H2,29,30,35);2-3,6H,4-5,7H2,1H3,(H,19,20)(H2,16,17,22);4-5,7,9,12,14H,3,6H2,1-2H3;2*1H4/t16-,22?,27-;15-;9-,12?;;/m111../s1. The van der Waals surface area contributed by atoms with Crippen LogP contribution in [0.4, 0.5) is 39.3 Å². The Hall–Kier alpha value is -7.94. The molecule has 2 aliphatic carbocycles. The van der Waals surface area contributed by atoms with Crippen molar-refractivity contribution >= 4 is 59.3 Å². The van der Waals surface area contributed by atoms with Crippen LogP contribution in [0.15, 0.2) is 72.8 Å². The van der Waals surface area contributed by atoms with Crippen LogP contribution in [0.2, 0.25) is 0 Å². The van der Waals surface area contributed by atoms with Crippen molar-refractivity contribution < 1.29 is 61.7 Å². The summed E-state index contributed by atoms with van der Waals surface area (Å²) in [6, 6.07) is 19.5. The number of ether oxygens (including phenoxy) is 2. The average Bonchev–Trinajstić information content (AvgIpc) is 4.22. The normalized spacial score (nSPS) is 23.4. The van der Waals surface area contributed by atoms with Gasteiger partial charge in [0.15, 0.2) is 0 Å². The molecule has 4 saturated heterocycles. The fraction of sp³-hybridized carbons (Fsp3) is 0.429. The second-order valence-corrected chi connectivity index (χ2v) is 19.7. The molecule has 6 N–H and O–H groups in total. The summed E-state index contributed by atoms with van der Waals surface area (Å²) in [7, 11) is 3.00. The summed E-state index contributed by atoms with van der Waals surface area (Å²) >= 11 is 0. The van der Waals surface area contributed by atoms with Crippen molar-refractivity contribution in [2.45, 2.75) is 129 Å². The molecule has 4 aromatic rings. The molecule has 4 aromatic carbocycles. The molecule has 21 heteroatoms. The Bertz CT molecular complexity index is 2990. The first kappa shape index (κ1) is 58.3. The van der Waals surface area contributed by atoms with Crippen LogP contribution < -0.4 is 26.6 Å². The maximum Gasteiger partial charge on any atom is 0.418 e. The van der Waals surface area contributed by atoms with Gasteiger partial charge in [0, 0.05) is 67.6 Å². The molecule has 6 atom stereocenters. The number of urea groups is 2. The van der Waals surface area contributed by atoms with Crippen molar-refractivity contribution in [2.24, 2.45) is 0 Å². The number of aryl methyl sites for hydroxylation is 4. The Morgan fingerprint density at radius 2 is 1.14 bits per heavy atom. The predicted molar refractivity (Wildman–Crippen MR) is 282 cm³/mol. The number of rotatable bonds is 8. The number of carbonyl (C=O) groups excluding carboxylic acids is 7. The molecule has 0 radical (unpaired) electrons. The number of anilines is 2. The van der Waals surface area contributed by atoms with Crippen LogP contribution in [0.25, 0.3) is 0 Å². The minimum absolute atomic E-state index is 0. The van der Waals surface area contributed by atoms with Crippen LogP contribution in [0.1, 0.15) is 124 Å². The topological polar surface area (TPSA) is 245 Å². The van der Waals surface area contributed by atoms with Crippen molar-refractivity contribution in [3.05, 3.63) is 129 Å². The number of hydrogen-bond donors (Lipinski definition) is 6. The van der Waals surface area contributed by atoms with Crippen molar-refractivity contribution in [3.63, 3.8) is 0 Å². The van der Waals surface area contributed by atoms with E-state index in [1.165, 1.54) is 38.2 Å². The number of halogens is 2. The zero-order chi connectivity index (χ0) is 54.1. The van der Waals surface area contributed by atoms with Gasteiger partial charge in [-0.2, -0.15) is 0 Å². The van der Waals surface area contributed by atoms with Gasteiger partial charge in [-0.1, -0.05) is 39.1 Å². The van der Waals surface area contributed by atoms with Crippen LogP contribution in [0.3, 0.4) is 0 Å². The summed E-state index contributed by atoms with van der Waals surface area (Å²) in [6.07, 6.45) is 3.49. The number of aliphatic carboxylic acids is 1. The number of imide groups is 2. The summed E-state index contributed by atoms with van der Waals surface area (Å²) < 4.78 is 37.5. The van der Waals surface area contributed by atoms with Crippen molar-refractivity contribution in [1.82, 2.24) is 30.7 Å². The molecule has 2 spiro atoms. The lowest BCUT2D eigenvalue weighted by Gasteiger charge is -2.31. The molecule has 412 valence electrons. The summed E-state index contributed by atoms with van der Waals surface area (Å²) in [5, 5.41) is 22.6. The first-order valence-electron chi connectivity index (χ1n) is 24.8. The molecule has 4 fully saturated rings. The monoisotopic (exact) mass is 1070 g/mol. The molecule has 19 nitrogen and oxygen atoms in total. The van der Waals surface area contributed by atoms with Gasteiger partial charge in [0.1, 0.15) is 24.7 Å². The SMILES string of the molecule is C.C.CNC(=O)Nc1ccc2c(c1)CC[C@@]21OC(=O)N(CC(=O)N2C(c3ccc(F)cc3C)CC[C@H]2C)C1=O.CNC(=O)Nc1ccc2c(c1)CC[C@@]21OC(=O)N(CC(=O)O)C1=O.Cc1cc(F)ccc1C1CC[C@@H](C)N1. The van der Waals surface area contributed by atoms with Crippen LogP contribution in [0.5, 0.6) is 0 Å². The zero-order valence-corrected chi connectivity index (χ0v) is 42.4. The fourth-order valence-corrected chi connectivity index (χ4v) is 11.1. The summed E-state index contributed by atoms with van der Waals surface area (Å²) in [5.41, 5.74) is 4.73. The molecule has 10 rings (SSSR count). The van der Waals surface area contributed by atoms with Gasteiger partial charge in [-0.15, -0.1) is 0 Å². The summed E-state index contributed by atoms with van der Waals surface area (Å²) in [5.74, 6) is -3.35. The zero-order valence-electron chi connectivity index (χ0n) is 42.4. The molecule has 9 amide bonds. The number of carbonyl (C=O) groups is 8. The van der Waals surface area contributed by atoms with E-state index >= 15 is 0 Å². The van der Waals surface area contributed by atoms with Gasteiger partial charge in [0.2, 0.25) is 17.1 Å². The van der Waals surface area contributed by atoms with Crippen molar-refractivity contribution in [1.29, 1.82) is 0 Å². The van der Waals surface area contributed by atoms with Crippen LogP contribution in [-0.2, 0) is 52.7 Å². The van der Waals surface area contributed by atoms with Gasteiger partial charge in [-0.25, -0.2) is 37.8 Å². The van der Waals surface area contributed by atoms with Crippen molar-refractivity contribution in [3.8, 4) is 0 Å². The van der Waals surface area contributed by atoms with Crippen LogP contribution in [-0.4, -0.2) is 107 Å². The molecule has 2 unspecified atom stereocenters. The number of benzene rings is 4. The van der Waals surface area contributed by atoms with E-state index in [1.54, 1.807) is 59.5 Å². The lowest BCUT2D eigenvalue weighted by molar-refractivity contribution is -0.144. The molecule has 6 aliphatic rings. The Kier molecular flexibility index (Phi) is 17.8. The fourth-order valence-electron chi connectivity index (χ4n) is 11.1. The Labute approximate surface area is 446 Å². The average molecular weight is 1070 g/mol. The Balaban J connectivity index is 0.000000205. The van der Waals surface area contributed by atoms with Crippen LogP contribution >= 0.6 is 0 Å². The van der Waals surface area contributed by atoms with E-state index in [4.69, 9.17) is 14.6 Å². The van der Waals surface area contributed by atoms with E-state index in [9.17, 15) is 47.1 Å². The van der Waals surface area contributed by atoms with E-state index < -0.39 is 54.3 Å². The maximum absolute atomic E-state index is 13.7. The number of fused-ring (bicyclic) bond motifs is 4. The van der Waals surface area contributed by atoms with E-state index in [2.05, 4.69) is 33.5 Å². The summed E-state index contributed by atoms with van der Waals surface area (Å²) in [4.78, 5) is 101. The van der Waals surface area contributed by atoms with Gasteiger partial charge < -0.3 is 46.1 Å². The highest BCUT2D eigenvalue weighted by Crippen LogP contribution is 2.48. The second kappa shape index (κ2) is 23.5. The molecule has 0 saturated carbocycles. The third-order valence-electron chi connectivity index (χ3n) is 14.8. The number of carboxylic acid groups (broad SMARTS) is 1. The summed E-state index contributed by atoms with van der Waals surface area (Å²) in [6.45, 7) is 6.75. The Morgan fingerprint density at radius 3 is 1.58 bits per heavy atom. The van der Waals surface area contributed by atoms with Gasteiger partial charge in [0.05, 0.1) is 6.04 Å². The number of nitrogens with one attached hydrogen (secondary N) is 5. The first-order chi connectivity index (χ1) is 35.7. The van der Waals surface area contributed by atoms with E-state index in [-0.39, 0.29) is 69.4 Å². The number of hydrogen-bond acceptors (Lipinski definition) is 11. The van der Waals surface area contributed by atoms with E-state index in [1.807, 2.05) is 26.8 Å². The third kappa shape index (κ3) is 11.6. The van der Waals surface area contributed by atoms with Gasteiger partial charge in [-0.3, -0.25) is 19.2 Å². The highest BCUT2D eigenvalue weighted by atomic mass is 19.1. The Morgan fingerprint density at radius 1 is 0.662 bits per heavy atom. The van der Waals surface area contributed by atoms with E-state index in [0.29, 0.717) is 58.7 Å². The lowest BCUT2D eigenvalue weighted by Crippen LogP contribution is -2.46. The van der Waals surface area contributed by atoms with Gasteiger partial charge in [0.25, 0.3) is 11.8 Å². The number of likely N-dealkylation sites (tertiary alicyclic amines) is 1. The quantitative estimate of drug-likeness (QED) is 0.0971. The molecular weight excluding hydrogens is 999 g/mol. The molecular formula is C56H68F2N8O11. The first-order valence-corrected chi connectivity index (χ1v) is 24.8. The number of amides is 9. The van der Waals surface area contributed by atoms with Crippen molar-refractivity contribution in [2.75, 3.05) is 37.8 Å². The highest BCUT2D eigenvalue weighted by molar-refractivity contribution is 6.07. The molecule has 0 aromatic heterocycles. The van der Waals surface area contributed by atoms with Gasteiger partial charge >= 0.3 is 30.2 Å². The largest absolute Gasteiger partial charge is 0.480 e. The third-order valence-corrected chi connectivity index (χ3v) is 14.8. The van der Waals surface area contributed by atoms with Gasteiger partial charge in [-0.05, 0) is 148 Å². The molecule has 4 heterocycles. The second-order valence-electron chi connectivity index (χ2n) is 19.7. The smallest absolute Gasteiger partial charge is 0.418 e.